The zero-order valence-corrected chi connectivity index (χ0v) is 10.8. The number of hydrogen-bond acceptors (Lipinski definition) is 4. The fraction of sp³-hybridized carbons (Fsp3) is 0.308. The molecule has 6 heteroatoms. The van der Waals surface area contributed by atoms with Crippen molar-refractivity contribution in [1.82, 2.24) is 24.5 Å². The van der Waals surface area contributed by atoms with Crippen LogP contribution in [0.25, 0.3) is 10.9 Å². The Morgan fingerprint density at radius 3 is 2.84 bits per heavy atom. The smallest absolute Gasteiger partial charge is 0.148 e. The van der Waals surface area contributed by atoms with Gasteiger partial charge in [-0.25, -0.2) is 9.67 Å². The van der Waals surface area contributed by atoms with Crippen LogP contribution in [0.1, 0.15) is 18.4 Å². The summed E-state index contributed by atoms with van der Waals surface area (Å²) < 4.78 is 3.81. The van der Waals surface area contributed by atoms with E-state index in [0.717, 1.165) is 29.0 Å². The third-order valence-electron chi connectivity index (χ3n) is 3.21. The molecule has 0 aliphatic heterocycles. The van der Waals surface area contributed by atoms with Crippen LogP contribution in [0, 0.1) is 0 Å². The van der Waals surface area contributed by atoms with E-state index in [4.69, 9.17) is 5.73 Å². The first-order chi connectivity index (χ1) is 9.33. The zero-order chi connectivity index (χ0) is 13.2. The lowest BCUT2D eigenvalue weighted by molar-refractivity contribution is 0.572. The fourth-order valence-electron chi connectivity index (χ4n) is 2.28. The van der Waals surface area contributed by atoms with Crippen LogP contribution in [-0.2, 0) is 19.6 Å². The standard InChI is InChI=1S/C13H16N6/c1-2-18-13(15-9-16-18)8-19-12-6-4-3-5-10(12)11(7-14)17-19/h3-6,9H,2,7-8,14H2,1H3. The maximum atomic E-state index is 5.75. The van der Waals surface area contributed by atoms with Crippen LogP contribution in [0.5, 0.6) is 0 Å². The first-order valence-electron chi connectivity index (χ1n) is 6.34. The number of aromatic nitrogens is 5. The molecule has 0 saturated heterocycles. The van der Waals surface area contributed by atoms with Gasteiger partial charge in [-0.15, -0.1) is 0 Å². The molecule has 0 aliphatic carbocycles. The average Bonchev–Trinajstić information content (AvgIpc) is 3.04. The number of fused-ring (bicyclic) bond motifs is 1. The molecule has 19 heavy (non-hydrogen) atoms. The van der Waals surface area contributed by atoms with Gasteiger partial charge in [0.25, 0.3) is 0 Å². The van der Waals surface area contributed by atoms with Gasteiger partial charge in [0.2, 0.25) is 0 Å². The van der Waals surface area contributed by atoms with Crippen LogP contribution >= 0.6 is 0 Å². The van der Waals surface area contributed by atoms with Crippen molar-refractivity contribution in [2.75, 3.05) is 0 Å². The molecule has 3 rings (SSSR count). The van der Waals surface area contributed by atoms with Gasteiger partial charge in [0, 0.05) is 18.5 Å². The third kappa shape index (κ3) is 2.00. The molecule has 0 unspecified atom stereocenters. The van der Waals surface area contributed by atoms with Crippen LogP contribution in [0.4, 0.5) is 0 Å². The molecule has 0 spiro atoms. The van der Waals surface area contributed by atoms with Gasteiger partial charge in [-0.3, -0.25) is 4.68 Å². The highest BCUT2D eigenvalue weighted by Crippen LogP contribution is 2.18. The summed E-state index contributed by atoms with van der Waals surface area (Å²) in [5.41, 5.74) is 7.74. The minimum atomic E-state index is 0.438. The Labute approximate surface area is 110 Å². The van der Waals surface area contributed by atoms with Crippen LogP contribution in [-0.4, -0.2) is 24.5 Å². The van der Waals surface area contributed by atoms with E-state index in [1.165, 1.54) is 0 Å². The second-order valence-electron chi connectivity index (χ2n) is 4.32. The van der Waals surface area contributed by atoms with Crippen molar-refractivity contribution in [2.24, 2.45) is 5.73 Å². The highest BCUT2D eigenvalue weighted by atomic mass is 15.4. The van der Waals surface area contributed by atoms with Gasteiger partial charge in [0.05, 0.1) is 11.2 Å². The third-order valence-corrected chi connectivity index (χ3v) is 3.21. The molecule has 0 radical (unpaired) electrons. The number of para-hydroxylation sites is 1. The lowest BCUT2D eigenvalue weighted by atomic mass is 10.2. The summed E-state index contributed by atoms with van der Waals surface area (Å²) >= 11 is 0. The predicted molar refractivity (Wildman–Crippen MR) is 72.4 cm³/mol. The summed E-state index contributed by atoms with van der Waals surface area (Å²) in [7, 11) is 0. The van der Waals surface area contributed by atoms with Gasteiger partial charge in [-0.05, 0) is 13.0 Å². The number of nitrogens with two attached hydrogens (primary N) is 1. The monoisotopic (exact) mass is 256 g/mol. The molecule has 2 heterocycles. The Morgan fingerprint density at radius 2 is 2.05 bits per heavy atom. The van der Waals surface area contributed by atoms with E-state index in [9.17, 15) is 0 Å². The summed E-state index contributed by atoms with van der Waals surface area (Å²) in [6.45, 7) is 3.89. The van der Waals surface area contributed by atoms with Gasteiger partial charge in [0.15, 0.2) is 0 Å². The number of aryl methyl sites for hydroxylation is 1. The number of nitrogens with zero attached hydrogens (tertiary/aromatic N) is 5. The van der Waals surface area contributed by atoms with Crippen molar-refractivity contribution in [2.45, 2.75) is 26.6 Å². The molecule has 0 amide bonds. The van der Waals surface area contributed by atoms with Crippen molar-refractivity contribution < 1.29 is 0 Å². The minimum absolute atomic E-state index is 0.438. The maximum Gasteiger partial charge on any atom is 0.148 e. The highest BCUT2D eigenvalue weighted by Gasteiger charge is 2.11. The molecule has 0 bridgehead atoms. The Hall–Kier alpha value is -2.21. The van der Waals surface area contributed by atoms with E-state index in [1.54, 1.807) is 6.33 Å². The molecule has 0 fully saturated rings. The SMILES string of the molecule is CCn1ncnc1Cn1nc(CN)c2ccccc21. The maximum absolute atomic E-state index is 5.75. The van der Waals surface area contributed by atoms with Gasteiger partial charge in [-0.1, -0.05) is 18.2 Å². The molecule has 98 valence electrons. The highest BCUT2D eigenvalue weighted by molar-refractivity contribution is 5.81. The van der Waals surface area contributed by atoms with E-state index in [2.05, 4.69) is 15.2 Å². The molecule has 6 nitrogen and oxygen atoms in total. The van der Waals surface area contributed by atoms with Crippen molar-refractivity contribution in [3.8, 4) is 0 Å². The quantitative estimate of drug-likeness (QED) is 0.760. The molecule has 2 N–H and O–H groups in total. The second kappa shape index (κ2) is 4.81. The largest absolute Gasteiger partial charge is 0.325 e. The fourth-order valence-corrected chi connectivity index (χ4v) is 2.28. The van der Waals surface area contributed by atoms with Crippen LogP contribution in [0.3, 0.4) is 0 Å². The second-order valence-corrected chi connectivity index (χ2v) is 4.32. The predicted octanol–water partition coefficient (Wildman–Crippen LogP) is 1.15. The van der Waals surface area contributed by atoms with Crippen LogP contribution < -0.4 is 5.73 Å². The number of benzene rings is 1. The molecule has 0 aliphatic rings. The summed E-state index contributed by atoms with van der Waals surface area (Å²) in [6, 6.07) is 8.10. The Balaban J connectivity index is 2.06. The van der Waals surface area contributed by atoms with Gasteiger partial charge >= 0.3 is 0 Å². The van der Waals surface area contributed by atoms with Crippen molar-refractivity contribution in [1.29, 1.82) is 0 Å². The Morgan fingerprint density at radius 1 is 1.21 bits per heavy atom. The summed E-state index contributed by atoms with van der Waals surface area (Å²) in [5.74, 6) is 0.902. The lowest BCUT2D eigenvalue weighted by Gasteiger charge is -2.04. The molecule has 3 aromatic rings. The van der Waals surface area contributed by atoms with Crippen LogP contribution in [0.15, 0.2) is 30.6 Å². The molecule has 0 atom stereocenters. The van der Waals surface area contributed by atoms with E-state index >= 15 is 0 Å². The summed E-state index contributed by atoms with van der Waals surface area (Å²) in [5, 5.41) is 9.85. The van der Waals surface area contributed by atoms with Gasteiger partial charge in [0.1, 0.15) is 18.7 Å². The normalized spacial score (nSPS) is 11.3. The van der Waals surface area contributed by atoms with E-state index in [-0.39, 0.29) is 0 Å². The Bertz CT molecular complexity index is 696. The lowest BCUT2D eigenvalue weighted by Crippen LogP contribution is -2.10. The first kappa shape index (κ1) is 11.9. The first-order valence-corrected chi connectivity index (χ1v) is 6.34. The van der Waals surface area contributed by atoms with Crippen molar-refractivity contribution in [3.63, 3.8) is 0 Å². The number of rotatable bonds is 4. The van der Waals surface area contributed by atoms with E-state index in [0.29, 0.717) is 13.1 Å². The molecule has 2 aromatic heterocycles. The van der Waals surface area contributed by atoms with E-state index in [1.807, 2.05) is 40.6 Å². The minimum Gasteiger partial charge on any atom is -0.325 e. The zero-order valence-electron chi connectivity index (χ0n) is 10.8. The van der Waals surface area contributed by atoms with Crippen molar-refractivity contribution >= 4 is 10.9 Å². The van der Waals surface area contributed by atoms with Gasteiger partial charge < -0.3 is 5.73 Å². The Kier molecular flexibility index (Phi) is 3.00. The molecular formula is C13H16N6. The van der Waals surface area contributed by atoms with Crippen LogP contribution in [0.2, 0.25) is 0 Å². The van der Waals surface area contributed by atoms with Crippen molar-refractivity contribution in [3.05, 3.63) is 42.1 Å². The number of hydrogen-bond donors (Lipinski definition) is 1. The van der Waals surface area contributed by atoms with E-state index < -0.39 is 0 Å². The average molecular weight is 256 g/mol. The molecule has 1 aromatic carbocycles. The molecule has 0 saturated carbocycles. The molecular weight excluding hydrogens is 240 g/mol. The summed E-state index contributed by atoms with van der Waals surface area (Å²) in [4.78, 5) is 4.28. The summed E-state index contributed by atoms with van der Waals surface area (Å²) in [6.07, 6.45) is 1.58. The van der Waals surface area contributed by atoms with Gasteiger partial charge in [-0.2, -0.15) is 10.2 Å². The topological polar surface area (TPSA) is 74.5 Å².